The van der Waals surface area contributed by atoms with Crippen LogP contribution < -0.4 is 24.8 Å². The molecule has 1 fully saturated rings. The first-order chi connectivity index (χ1) is 15.1. The second-order valence-corrected chi connectivity index (χ2v) is 7.51. The summed E-state index contributed by atoms with van der Waals surface area (Å²) in [5.74, 6) is 3.12. The molecule has 8 heteroatoms. The molecule has 1 saturated heterocycles. The Morgan fingerprint density at radius 2 is 1.88 bits per heavy atom. The van der Waals surface area contributed by atoms with Gasteiger partial charge in [-0.2, -0.15) is 0 Å². The third kappa shape index (κ3) is 7.44. The van der Waals surface area contributed by atoms with E-state index in [1.54, 1.807) is 21.3 Å². The Hall–Kier alpha value is -2.20. The number of hydrogen-bond donors (Lipinski definition) is 2. The van der Waals surface area contributed by atoms with Gasteiger partial charge >= 0.3 is 0 Å². The van der Waals surface area contributed by atoms with Gasteiger partial charge in [-0.25, -0.2) is 0 Å². The van der Waals surface area contributed by atoms with Crippen LogP contribution in [0.2, 0.25) is 0 Å². The van der Waals surface area contributed by atoms with Crippen molar-refractivity contribution in [2.75, 3.05) is 41.0 Å². The van der Waals surface area contributed by atoms with Crippen molar-refractivity contribution in [2.45, 2.75) is 32.4 Å². The molecule has 0 aromatic heterocycles. The van der Waals surface area contributed by atoms with Crippen LogP contribution in [-0.2, 0) is 17.7 Å². The number of nitrogens with zero attached hydrogens (tertiary/aromatic N) is 1. The number of hydrogen-bond acceptors (Lipinski definition) is 5. The summed E-state index contributed by atoms with van der Waals surface area (Å²) < 4.78 is 22.3. The molecule has 1 aliphatic rings. The van der Waals surface area contributed by atoms with Crippen molar-refractivity contribution in [1.82, 2.24) is 10.6 Å². The van der Waals surface area contributed by atoms with E-state index in [9.17, 15) is 0 Å². The minimum atomic E-state index is 0. The molecule has 0 amide bonds. The van der Waals surface area contributed by atoms with Gasteiger partial charge in [-0.15, -0.1) is 24.0 Å². The molecule has 2 aromatic carbocycles. The number of nitrogens with one attached hydrogen (secondary N) is 2. The summed E-state index contributed by atoms with van der Waals surface area (Å²) in [6.07, 6.45) is 1.89. The third-order valence-corrected chi connectivity index (χ3v) is 5.23. The lowest BCUT2D eigenvalue weighted by Gasteiger charge is -2.18. The van der Waals surface area contributed by atoms with E-state index in [1.165, 1.54) is 5.56 Å². The number of ether oxygens (including phenoxy) is 4. The highest BCUT2D eigenvalue weighted by atomic mass is 127. The molecule has 2 aromatic rings. The molecule has 7 nitrogen and oxygen atoms in total. The van der Waals surface area contributed by atoms with E-state index in [1.807, 2.05) is 18.2 Å². The molecule has 2 N–H and O–H groups in total. The molecule has 176 valence electrons. The molecule has 1 aliphatic heterocycles. The van der Waals surface area contributed by atoms with Crippen LogP contribution in [0.5, 0.6) is 17.2 Å². The fourth-order valence-electron chi connectivity index (χ4n) is 3.46. The lowest BCUT2D eigenvalue weighted by molar-refractivity contribution is 0.140. The van der Waals surface area contributed by atoms with Gasteiger partial charge in [-0.3, -0.25) is 4.99 Å². The lowest BCUT2D eigenvalue weighted by Crippen LogP contribution is -2.38. The van der Waals surface area contributed by atoms with Crippen molar-refractivity contribution in [3.05, 3.63) is 53.1 Å². The first-order valence-corrected chi connectivity index (χ1v) is 10.6. The van der Waals surface area contributed by atoms with E-state index < -0.39 is 0 Å². The van der Waals surface area contributed by atoms with Crippen molar-refractivity contribution in [3.63, 3.8) is 0 Å². The maximum atomic E-state index is 6.19. The van der Waals surface area contributed by atoms with Gasteiger partial charge < -0.3 is 29.6 Å². The monoisotopic (exact) mass is 555 g/mol. The summed E-state index contributed by atoms with van der Waals surface area (Å²) in [6, 6.07) is 12.3. The van der Waals surface area contributed by atoms with E-state index in [4.69, 9.17) is 18.9 Å². The van der Waals surface area contributed by atoms with Crippen LogP contribution in [0.1, 0.15) is 23.1 Å². The predicted molar refractivity (Wildman–Crippen MR) is 138 cm³/mol. The molecule has 0 bridgehead atoms. The molecule has 1 heterocycles. The van der Waals surface area contributed by atoms with Crippen molar-refractivity contribution >= 4 is 29.9 Å². The van der Waals surface area contributed by atoms with E-state index in [2.05, 4.69) is 40.7 Å². The summed E-state index contributed by atoms with van der Waals surface area (Å²) in [5.41, 5.74) is 3.43. The van der Waals surface area contributed by atoms with Crippen LogP contribution >= 0.6 is 24.0 Å². The highest BCUT2D eigenvalue weighted by Crippen LogP contribution is 2.27. The zero-order valence-electron chi connectivity index (χ0n) is 19.3. The highest BCUT2D eigenvalue weighted by molar-refractivity contribution is 14.0. The maximum absolute atomic E-state index is 6.19. The molecular formula is C24H34IN3O4. The summed E-state index contributed by atoms with van der Waals surface area (Å²) >= 11 is 0. The summed E-state index contributed by atoms with van der Waals surface area (Å²) in [6.45, 7) is 4.86. The zero-order chi connectivity index (χ0) is 22.1. The van der Waals surface area contributed by atoms with Crippen LogP contribution in [0.3, 0.4) is 0 Å². The van der Waals surface area contributed by atoms with Crippen molar-refractivity contribution in [3.8, 4) is 17.2 Å². The fourth-order valence-corrected chi connectivity index (χ4v) is 3.46. The number of aliphatic imine (C=N–C) groups is 1. The van der Waals surface area contributed by atoms with Gasteiger partial charge in [0.2, 0.25) is 0 Å². The Bertz CT molecular complexity index is 886. The minimum Gasteiger partial charge on any atom is -0.493 e. The van der Waals surface area contributed by atoms with Gasteiger partial charge in [-0.05, 0) is 42.7 Å². The molecule has 32 heavy (non-hydrogen) atoms. The molecule has 1 unspecified atom stereocenters. The SMILES string of the molecule is CN=C(NCCc1ccc(OC)c(OC)c1)NCc1ccc(C)cc1OC1CCOC1.I. The predicted octanol–water partition coefficient (Wildman–Crippen LogP) is 3.71. The summed E-state index contributed by atoms with van der Waals surface area (Å²) in [7, 11) is 5.06. The molecule has 1 atom stereocenters. The van der Waals surface area contributed by atoms with Crippen molar-refractivity contribution in [1.29, 1.82) is 0 Å². The third-order valence-electron chi connectivity index (χ3n) is 5.23. The van der Waals surface area contributed by atoms with Gasteiger partial charge in [0, 0.05) is 32.1 Å². The second kappa shape index (κ2) is 13.4. The topological polar surface area (TPSA) is 73.3 Å². The van der Waals surface area contributed by atoms with E-state index in [0.717, 1.165) is 60.3 Å². The Balaban J connectivity index is 0.00000363. The number of rotatable bonds is 9. The Morgan fingerprint density at radius 1 is 1.06 bits per heavy atom. The van der Waals surface area contributed by atoms with E-state index in [-0.39, 0.29) is 30.1 Å². The highest BCUT2D eigenvalue weighted by Gasteiger charge is 2.18. The maximum Gasteiger partial charge on any atom is 0.191 e. The molecular weight excluding hydrogens is 521 g/mol. The minimum absolute atomic E-state index is 0. The van der Waals surface area contributed by atoms with Crippen molar-refractivity contribution in [2.24, 2.45) is 4.99 Å². The Labute approximate surface area is 207 Å². The molecule has 3 rings (SSSR count). The molecule has 0 radical (unpaired) electrons. The van der Waals surface area contributed by atoms with Gasteiger partial charge in [-0.1, -0.05) is 18.2 Å². The lowest BCUT2D eigenvalue weighted by atomic mass is 10.1. The molecule has 0 aliphatic carbocycles. The van der Waals surface area contributed by atoms with Gasteiger partial charge in [0.15, 0.2) is 17.5 Å². The first-order valence-electron chi connectivity index (χ1n) is 10.6. The number of halogens is 1. The standard InChI is InChI=1S/C24H33N3O4.HI/c1-17-5-7-19(22(13-17)31-20-10-12-30-16-20)15-27-24(25-2)26-11-9-18-6-8-21(28-3)23(14-18)29-4;/h5-8,13-14,20H,9-12,15-16H2,1-4H3,(H2,25,26,27);1H. The normalized spacial score (nSPS) is 15.6. The summed E-state index contributed by atoms with van der Waals surface area (Å²) in [4.78, 5) is 4.33. The first kappa shape index (κ1) is 26.1. The Morgan fingerprint density at radius 3 is 2.56 bits per heavy atom. The summed E-state index contributed by atoms with van der Waals surface area (Å²) in [5, 5.41) is 6.74. The second-order valence-electron chi connectivity index (χ2n) is 7.51. The zero-order valence-corrected chi connectivity index (χ0v) is 21.6. The van der Waals surface area contributed by atoms with Crippen LogP contribution in [0.4, 0.5) is 0 Å². The van der Waals surface area contributed by atoms with Gasteiger partial charge in [0.05, 0.1) is 27.4 Å². The molecule has 0 spiro atoms. The smallest absolute Gasteiger partial charge is 0.191 e. The quantitative estimate of drug-likeness (QED) is 0.280. The Kier molecular flexibility index (Phi) is 10.9. The van der Waals surface area contributed by atoms with Crippen LogP contribution in [-0.4, -0.2) is 53.1 Å². The van der Waals surface area contributed by atoms with Crippen LogP contribution in [0.15, 0.2) is 41.4 Å². The number of aryl methyl sites for hydroxylation is 1. The largest absolute Gasteiger partial charge is 0.493 e. The van der Waals surface area contributed by atoms with E-state index >= 15 is 0 Å². The van der Waals surface area contributed by atoms with Crippen LogP contribution in [0.25, 0.3) is 0 Å². The van der Waals surface area contributed by atoms with E-state index in [0.29, 0.717) is 13.2 Å². The molecule has 0 saturated carbocycles. The number of benzene rings is 2. The average molecular weight is 555 g/mol. The average Bonchev–Trinajstić information content (AvgIpc) is 3.30. The van der Waals surface area contributed by atoms with Gasteiger partial charge in [0.1, 0.15) is 11.9 Å². The van der Waals surface area contributed by atoms with Crippen LogP contribution in [0, 0.1) is 6.92 Å². The van der Waals surface area contributed by atoms with Crippen molar-refractivity contribution < 1.29 is 18.9 Å². The fraction of sp³-hybridized carbons (Fsp3) is 0.458. The number of guanidine groups is 1. The van der Waals surface area contributed by atoms with Gasteiger partial charge in [0.25, 0.3) is 0 Å². The number of methoxy groups -OCH3 is 2.